The Bertz CT molecular complexity index is 878. The van der Waals surface area contributed by atoms with E-state index < -0.39 is 28.5 Å². The van der Waals surface area contributed by atoms with E-state index in [1.54, 1.807) is 0 Å². The van der Waals surface area contributed by atoms with Crippen LogP contribution >= 0.6 is 11.3 Å². The Morgan fingerprint density at radius 2 is 2.00 bits per heavy atom. The molecule has 0 aliphatic rings. The molecule has 0 aliphatic heterocycles. The van der Waals surface area contributed by atoms with Crippen molar-refractivity contribution in [2.75, 3.05) is 20.8 Å². The first-order chi connectivity index (χ1) is 12.4. The number of amides is 1. The van der Waals surface area contributed by atoms with Gasteiger partial charge < -0.3 is 14.8 Å². The minimum absolute atomic E-state index is 0.00863. The van der Waals surface area contributed by atoms with Gasteiger partial charge in [0.05, 0.1) is 19.2 Å². The predicted octanol–water partition coefficient (Wildman–Crippen LogP) is 1.14. The summed E-state index contributed by atoms with van der Waals surface area (Å²) in [5, 5.41) is 4.51. The molecule has 0 spiro atoms. The Hall–Kier alpha value is -2.43. The molecule has 0 fully saturated rings. The lowest BCUT2D eigenvalue weighted by Crippen LogP contribution is -2.28. The molecule has 0 saturated heterocycles. The highest BCUT2D eigenvalue weighted by molar-refractivity contribution is 7.89. The molecule has 1 heterocycles. The van der Waals surface area contributed by atoms with Crippen LogP contribution in [0.15, 0.2) is 40.6 Å². The third-order valence-electron chi connectivity index (χ3n) is 3.33. The predicted molar refractivity (Wildman–Crippen MR) is 95.7 cm³/mol. The van der Waals surface area contributed by atoms with Crippen molar-refractivity contribution in [3.05, 3.63) is 46.2 Å². The van der Waals surface area contributed by atoms with Crippen LogP contribution in [0.2, 0.25) is 0 Å². The fourth-order valence-electron chi connectivity index (χ4n) is 1.99. The van der Waals surface area contributed by atoms with Crippen LogP contribution in [0.4, 0.5) is 0 Å². The minimum Gasteiger partial charge on any atom is -0.495 e. The first-order valence-electron chi connectivity index (χ1n) is 7.45. The van der Waals surface area contributed by atoms with Gasteiger partial charge in [-0.15, -0.1) is 11.3 Å². The van der Waals surface area contributed by atoms with Crippen LogP contribution in [0.25, 0.3) is 0 Å². The average Bonchev–Trinajstić information content (AvgIpc) is 3.17. The van der Waals surface area contributed by atoms with Crippen molar-refractivity contribution in [2.45, 2.75) is 11.4 Å². The Morgan fingerprint density at radius 1 is 1.23 bits per heavy atom. The van der Waals surface area contributed by atoms with Gasteiger partial charge in [0, 0.05) is 4.88 Å². The third kappa shape index (κ3) is 5.04. The molecule has 2 aromatic rings. The van der Waals surface area contributed by atoms with E-state index in [2.05, 4.69) is 10.0 Å². The molecule has 0 unspecified atom stereocenters. The van der Waals surface area contributed by atoms with Crippen molar-refractivity contribution in [1.29, 1.82) is 0 Å². The van der Waals surface area contributed by atoms with E-state index in [1.165, 1.54) is 37.6 Å². The number of esters is 1. The SMILES string of the molecule is CNS(=O)(=O)c1cc(C(=O)OCC(=O)NCc2cccs2)ccc1OC. The van der Waals surface area contributed by atoms with E-state index in [4.69, 9.17) is 9.47 Å². The molecule has 0 atom stereocenters. The normalized spacial score (nSPS) is 11.0. The smallest absolute Gasteiger partial charge is 0.338 e. The summed E-state index contributed by atoms with van der Waals surface area (Å²) in [5.74, 6) is -1.18. The number of carbonyl (C=O) groups excluding carboxylic acids is 2. The Labute approximate surface area is 155 Å². The number of rotatable bonds is 8. The lowest BCUT2D eigenvalue weighted by Gasteiger charge is -2.11. The summed E-state index contributed by atoms with van der Waals surface area (Å²) in [7, 11) is -1.26. The van der Waals surface area contributed by atoms with Crippen molar-refractivity contribution < 1.29 is 27.5 Å². The molecule has 140 valence electrons. The molecule has 1 aromatic carbocycles. The highest BCUT2D eigenvalue weighted by atomic mass is 32.2. The van der Waals surface area contributed by atoms with Gasteiger partial charge in [0.15, 0.2) is 6.61 Å². The number of hydrogen-bond donors (Lipinski definition) is 2. The summed E-state index contributed by atoms with van der Waals surface area (Å²) in [4.78, 5) is 24.6. The van der Waals surface area contributed by atoms with Gasteiger partial charge in [0.1, 0.15) is 10.6 Å². The van der Waals surface area contributed by atoms with Gasteiger partial charge in [0.25, 0.3) is 5.91 Å². The average molecular weight is 398 g/mol. The number of nitrogens with one attached hydrogen (secondary N) is 2. The highest BCUT2D eigenvalue weighted by Crippen LogP contribution is 2.24. The van der Waals surface area contributed by atoms with E-state index >= 15 is 0 Å². The summed E-state index contributed by atoms with van der Waals surface area (Å²) in [6.07, 6.45) is 0. The van der Waals surface area contributed by atoms with Crippen LogP contribution in [0.3, 0.4) is 0 Å². The van der Waals surface area contributed by atoms with Gasteiger partial charge in [-0.25, -0.2) is 17.9 Å². The van der Waals surface area contributed by atoms with Crippen molar-refractivity contribution in [3.8, 4) is 5.75 Å². The van der Waals surface area contributed by atoms with E-state index in [9.17, 15) is 18.0 Å². The number of methoxy groups -OCH3 is 1. The maximum atomic E-state index is 12.1. The molecule has 0 saturated carbocycles. The Kier molecular flexibility index (Phi) is 6.72. The van der Waals surface area contributed by atoms with E-state index in [0.717, 1.165) is 10.9 Å². The fraction of sp³-hybridized carbons (Fsp3) is 0.250. The summed E-state index contributed by atoms with van der Waals surface area (Å²) in [5.41, 5.74) is -0.00863. The quantitative estimate of drug-likeness (QED) is 0.645. The van der Waals surface area contributed by atoms with Gasteiger partial charge in [-0.1, -0.05) is 6.07 Å². The van der Waals surface area contributed by atoms with E-state index in [0.29, 0.717) is 6.54 Å². The van der Waals surface area contributed by atoms with E-state index in [-0.39, 0.29) is 16.2 Å². The minimum atomic E-state index is -3.82. The highest BCUT2D eigenvalue weighted by Gasteiger charge is 2.21. The molecule has 1 amide bonds. The van der Waals surface area contributed by atoms with E-state index in [1.807, 2.05) is 17.5 Å². The zero-order chi connectivity index (χ0) is 19.2. The van der Waals surface area contributed by atoms with Crippen LogP contribution in [0.1, 0.15) is 15.2 Å². The largest absolute Gasteiger partial charge is 0.495 e. The second-order valence-corrected chi connectivity index (χ2v) is 7.89. The summed E-state index contributed by atoms with van der Waals surface area (Å²) < 4.78 is 36.1. The zero-order valence-corrected chi connectivity index (χ0v) is 15.8. The number of thiophene rings is 1. The summed E-state index contributed by atoms with van der Waals surface area (Å²) in [6, 6.07) is 7.58. The van der Waals surface area contributed by atoms with Crippen LogP contribution in [-0.2, 0) is 26.1 Å². The fourth-order valence-corrected chi connectivity index (χ4v) is 3.55. The van der Waals surface area contributed by atoms with Crippen molar-refractivity contribution in [2.24, 2.45) is 0 Å². The van der Waals surface area contributed by atoms with Crippen LogP contribution < -0.4 is 14.8 Å². The molecule has 10 heteroatoms. The molecular weight excluding hydrogens is 380 g/mol. The molecular formula is C16H18N2O6S2. The Morgan fingerprint density at radius 3 is 2.62 bits per heavy atom. The third-order valence-corrected chi connectivity index (χ3v) is 5.64. The summed E-state index contributed by atoms with van der Waals surface area (Å²) in [6.45, 7) is -0.120. The van der Waals surface area contributed by atoms with Crippen molar-refractivity contribution >= 4 is 33.2 Å². The second-order valence-electron chi connectivity index (χ2n) is 5.01. The number of benzene rings is 1. The second kappa shape index (κ2) is 8.79. The number of hydrogen-bond acceptors (Lipinski definition) is 7. The number of ether oxygens (including phenoxy) is 2. The standard InChI is InChI=1S/C16H18N2O6S2/c1-17-26(21,22)14-8-11(5-6-13(14)23-2)16(20)24-10-15(19)18-9-12-4-3-7-25-12/h3-8,17H,9-10H2,1-2H3,(H,18,19). The molecule has 2 N–H and O–H groups in total. The van der Waals surface area contributed by atoms with Crippen molar-refractivity contribution in [1.82, 2.24) is 10.0 Å². The maximum Gasteiger partial charge on any atom is 0.338 e. The zero-order valence-electron chi connectivity index (χ0n) is 14.1. The molecule has 8 nitrogen and oxygen atoms in total. The van der Waals surface area contributed by atoms with Crippen LogP contribution in [-0.4, -0.2) is 41.1 Å². The van der Waals surface area contributed by atoms with Crippen molar-refractivity contribution in [3.63, 3.8) is 0 Å². The maximum absolute atomic E-state index is 12.1. The first-order valence-corrected chi connectivity index (χ1v) is 9.81. The molecule has 0 radical (unpaired) electrons. The van der Waals surface area contributed by atoms with Gasteiger partial charge in [0.2, 0.25) is 10.0 Å². The molecule has 1 aromatic heterocycles. The topological polar surface area (TPSA) is 111 Å². The van der Waals surface area contributed by atoms with Gasteiger partial charge in [-0.3, -0.25) is 4.79 Å². The monoisotopic (exact) mass is 398 g/mol. The number of sulfonamides is 1. The molecule has 26 heavy (non-hydrogen) atoms. The van der Waals surface area contributed by atoms with Gasteiger partial charge >= 0.3 is 5.97 Å². The summed E-state index contributed by atoms with van der Waals surface area (Å²) >= 11 is 1.50. The van der Waals surface area contributed by atoms with Crippen LogP contribution in [0.5, 0.6) is 5.75 Å². The van der Waals surface area contributed by atoms with Crippen LogP contribution in [0, 0.1) is 0 Å². The lowest BCUT2D eigenvalue weighted by atomic mass is 10.2. The number of carbonyl (C=O) groups is 2. The first kappa shape index (κ1) is 19.9. The molecule has 0 bridgehead atoms. The van der Waals surface area contributed by atoms with Gasteiger partial charge in [-0.2, -0.15) is 0 Å². The molecule has 0 aliphatic carbocycles. The van der Waals surface area contributed by atoms with Gasteiger partial charge in [-0.05, 0) is 36.7 Å². The Balaban J connectivity index is 2.00. The molecule has 2 rings (SSSR count). The lowest BCUT2D eigenvalue weighted by molar-refractivity contribution is -0.124.